The minimum atomic E-state index is -0.315. The summed E-state index contributed by atoms with van der Waals surface area (Å²) in [5.74, 6) is -0.617. The van der Waals surface area contributed by atoms with Crippen LogP contribution in [0.1, 0.15) is 10.5 Å². The Labute approximate surface area is 146 Å². The fourth-order valence-electron chi connectivity index (χ4n) is 2.08. The number of para-hydroxylation sites is 1. The van der Waals surface area contributed by atoms with E-state index in [1.807, 2.05) is 18.2 Å². The third kappa shape index (κ3) is 3.97. The number of aromatic nitrogens is 1. The van der Waals surface area contributed by atoms with Gasteiger partial charge in [-0.2, -0.15) is 0 Å². The van der Waals surface area contributed by atoms with Crippen LogP contribution >= 0.6 is 15.9 Å². The summed E-state index contributed by atoms with van der Waals surface area (Å²) in [6.45, 7) is 0. The second kappa shape index (κ2) is 7.23. The molecule has 3 aromatic rings. The summed E-state index contributed by atoms with van der Waals surface area (Å²) in [6.07, 6.45) is 1.54. The Kier molecular flexibility index (Phi) is 4.86. The molecule has 1 aromatic heterocycles. The molecule has 0 aliphatic carbocycles. The van der Waals surface area contributed by atoms with Gasteiger partial charge in [-0.05, 0) is 64.5 Å². The van der Waals surface area contributed by atoms with E-state index in [0.29, 0.717) is 11.4 Å². The number of nitrogens with zero attached hydrogens (tertiary/aromatic N) is 1. The average molecular weight is 386 g/mol. The van der Waals surface area contributed by atoms with Crippen LogP contribution in [0.15, 0.2) is 71.3 Å². The molecule has 0 saturated carbocycles. The number of anilines is 3. The highest BCUT2D eigenvalue weighted by molar-refractivity contribution is 9.10. The van der Waals surface area contributed by atoms with Gasteiger partial charge in [0.15, 0.2) is 0 Å². The van der Waals surface area contributed by atoms with Crippen LogP contribution < -0.4 is 10.6 Å². The molecule has 2 aromatic carbocycles. The largest absolute Gasteiger partial charge is 0.355 e. The van der Waals surface area contributed by atoms with Crippen molar-refractivity contribution in [3.63, 3.8) is 0 Å². The summed E-state index contributed by atoms with van der Waals surface area (Å²) < 4.78 is 13.7. The van der Waals surface area contributed by atoms with Crippen LogP contribution in [-0.4, -0.2) is 10.9 Å². The van der Waals surface area contributed by atoms with Gasteiger partial charge < -0.3 is 10.6 Å². The van der Waals surface area contributed by atoms with E-state index in [2.05, 4.69) is 31.5 Å². The van der Waals surface area contributed by atoms with E-state index in [1.54, 1.807) is 36.5 Å². The zero-order valence-corrected chi connectivity index (χ0v) is 14.0. The van der Waals surface area contributed by atoms with Crippen molar-refractivity contribution in [1.29, 1.82) is 0 Å². The molecule has 0 unspecified atom stereocenters. The molecule has 1 amide bonds. The van der Waals surface area contributed by atoms with Gasteiger partial charge in [0.2, 0.25) is 0 Å². The first-order valence-corrected chi connectivity index (χ1v) is 7.95. The van der Waals surface area contributed by atoms with Gasteiger partial charge in [0.1, 0.15) is 11.5 Å². The van der Waals surface area contributed by atoms with Crippen molar-refractivity contribution >= 4 is 38.9 Å². The van der Waals surface area contributed by atoms with Gasteiger partial charge in [0.25, 0.3) is 5.91 Å². The molecule has 0 fully saturated rings. The van der Waals surface area contributed by atoms with Crippen LogP contribution in [0, 0.1) is 5.82 Å². The van der Waals surface area contributed by atoms with E-state index in [-0.39, 0.29) is 17.4 Å². The summed E-state index contributed by atoms with van der Waals surface area (Å²) in [4.78, 5) is 16.4. The van der Waals surface area contributed by atoms with Crippen LogP contribution in [0.3, 0.4) is 0 Å². The summed E-state index contributed by atoms with van der Waals surface area (Å²) >= 11 is 3.38. The zero-order chi connectivity index (χ0) is 16.9. The number of amides is 1. The zero-order valence-electron chi connectivity index (χ0n) is 12.5. The molecule has 6 heteroatoms. The van der Waals surface area contributed by atoms with E-state index in [9.17, 15) is 9.18 Å². The molecule has 0 radical (unpaired) electrons. The van der Waals surface area contributed by atoms with Crippen molar-refractivity contribution in [3.05, 3.63) is 82.8 Å². The lowest BCUT2D eigenvalue weighted by atomic mass is 10.2. The van der Waals surface area contributed by atoms with Crippen molar-refractivity contribution in [2.75, 3.05) is 10.6 Å². The summed E-state index contributed by atoms with van der Waals surface area (Å²) in [6, 6.07) is 16.7. The lowest BCUT2D eigenvalue weighted by molar-refractivity contribution is 0.102. The second-order valence-electron chi connectivity index (χ2n) is 5.00. The maximum absolute atomic E-state index is 12.9. The maximum atomic E-state index is 12.9. The SMILES string of the molecule is O=C(Nc1ccccc1Br)c1cc(Nc2ccc(F)cc2)ccn1. The molecule has 0 aliphatic rings. The first-order chi connectivity index (χ1) is 11.6. The standard InChI is InChI=1S/C18H13BrFN3O/c19-15-3-1-2-4-16(15)23-18(24)17-11-14(9-10-21-17)22-13-7-5-12(20)6-8-13/h1-11H,(H,21,22)(H,23,24). The number of benzene rings is 2. The Morgan fingerprint density at radius 2 is 1.75 bits per heavy atom. The van der Waals surface area contributed by atoms with Gasteiger partial charge in [-0.3, -0.25) is 9.78 Å². The van der Waals surface area contributed by atoms with Gasteiger partial charge in [-0.25, -0.2) is 4.39 Å². The molecule has 3 rings (SSSR count). The minimum absolute atomic E-state index is 0.276. The Morgan fingerprint density at radius 3 is 2.50 bits per heavy atom. The number of hydrogen-bond donors (Lipinski definition) is 2. The van der Waals surface area contributed by atoms with Crippen LogP contribution in [-0.2, 0) is 0 Å². The fraction of sp³-hybridized carbons (Fsp3) is 0. The van der Waals surface area contributed by atoms with E-state index in [0.717, 1.165) is 10.2 Å². The molecule has 0 atom stereocenters. The van der Waals surface area contributed by atoms with Gasteiger partial charge in [0, 0.05) is 22.0 Å². The van der Waals surface area contributed by atoms with Crippen molar-refractivity contribution in [1.82, 2.24) is 4.98 Å². The quantitative estimate of drug-likeness (QED) is 0.665. The molecule has 120 valence electrons. The number of carbonyl (C=O) groups excluding carboxylic acids is 1. The van der Waals surface area contributed by atoms with Crippen molar-refractivity contribution in [2.24, 2.45) is 0 Å². The monoisotopic (exact) mass is 385 g/mol. The highest BCUT2D eigenvalue weighted by Crippen LogP contribution is 2.22. The van der Waals surface area contributed by atoms with Gasteiger partial charge in [-0.1, -0.05) is 12.1 Å². The van der Waals surface area contributed by atoms with E-state index < -0.39 is 0 Å². The summed E-state index contributed by atoms with van der Waals surface area (Å²) in [5.41, 5.74) is 2.35. The number of halogens is 2. The molecule has 24 heavy (non-hydrogen) atoms. The molecule has 0 saturated heterocycles. The number of hydrogen-bond acceptors (Lipinski definition) is 3. The number of pyridine rings is 1. The summed E-state index contributed by atoms with van der Waals surface area (Å²) in [7, 11) is 0. The topological polar surface area (TPSA) is 54.0 Å². The minimum Gasteiger partial charge on any atom is -0.355 e. The Bertz CT molecular complexity index is 868. The number of rotatable bonds is 4. The van der Waals surface area contributed by atoms with E-state index in [4.69, 9.17) is 0 Å². The molecule has 0 aliphatic heterocycles. The van der Waals surface area contributed by atoms with Crippen LogP contribution in [0.2, 0.25) is 0 Å². The van der Waals surface area contributed by atoms with Crippen molar-refractivity contribution < 1.29 is 9.18 Å². The van der Waals surface area contributed by atoms with E-state index >= 15 is 0 Å². The fourth-order valence-corrected chi connectivity index (χ4v) is 2.47. The number of nitrogens with one attached hydrogen (secondary N) is 2. The molecular weight excluding hydrogens is 373 g/mol. The molecular formula is C18H13BrFN3O. The van der Waals surface area contributed by atoms with Crippen molar-refractivity contribution in [2.45, 2.75) is 0 Å². The summed E-state index contributed by atoms with van der Waals surface area (Å²) in [5, 5.41) is 5.91. The van der Waals surface area contributed by atoms with E-state index in [1.165, 1.54) is 12.1 Å². The molecule has 1 heterocycles. The average Bonchev–Trinajstić information content (AvgIpc) is 2.59. The smallest absolute Gasteiger partial charge is 0.274 e. The normalized spacial score (nSPS) is 10.2. The lowest BCUT2D eigenvalue weighted by Crippen LogP contribution is -2.14. The molecule has 2 N–H and O–H groups in total. The molecule has 4 nitrogen and oxygen atoms in total. The molecule has 0 bridgehead atoms. The van der Waals surface area contributed by atoms with Gasteiger partial charge >= 0.3 is 0 Å². The Hall–Kier alpha value is -2.73. The predicted molar refractivity (Wildman–Crippen MR) is 96.0 cm³/mol. The maximum Gasteiger partial charge on any atom is 0.274 e. The van der Waals surface area contributed by atoms with Crippen molar-refractivity contribution in [3.8, 4) is 0 Å². The highest BCUT2D eigenvalue weighted by Gasteiger charge is 2.10. The first kappa shape index (κ1) is 16.1. The molecule has 0 spiro atoms. The van der Waals surface area contributed by atoms with Gasteiger partial charge in [-0.15, -0.1) is 0 Å². The van der Waals surface area contributed by atoms with Crippen LogP contribution in [0.25, 0.3) is 0 Å². The van der Waals surface area contributed by atoms with Crippen LogP contribution in [0.5, 0.6) is 0 Å². The third-order valence-corrected chi connectivity index (χ3v) is 3.94. The van der Waals surface area contributed by atoms with Crippen LogP contribution in [0.4, 0.5) is 21.5 Å². The predicted octanol–water partition coefficient (Wildman–Crippen LogP) is 4.98. The van der Waals surface area contributed by atoms with Gasteiger partial charge in [0.05, 0.1) is 5.69 Å². The Morgan fingerprint density at radius 1 is 1.00 bits per heavy atom. The third-order valence-electron chi connectivity index (χ3n) is 3.25. The lowest BCUT2D eigenvalue weighted by Gasteiger charge is -2.09. The number of carbonyl (C=O) groups is 1. The Balaban J connectivity index is 1.76. The second-order valence-corrected chi connectivity index (χ2v) is 5.85. The first-order valence-electron chi connectivity index (χ1n) is 7.16. The highest BCUT2D eigenvalue weighted by atomic mass is 79.9.